The van der Waals surface area contributed by atoms with Crippen LogP contribution >= 0.6 is 0 Å². The summed E-state index contributed by atoms with van der Waals surface area (Å²) in [4.78, 5) is 2.46. The van der Waals surface area contributed by atoms with Crippen molar-refractivity contribution < 1.29 is 8.78 Å². The molecule has 2 saturated heterocycles. The SMILES string of the molecule is Fc1ccc([C@@H]2CNC[C@H]2CN2CCCC2)c(F)c1. The van der Waals surface area contributed by atoms with E-state index in [9.17, 15) is 8.78 Å². The van der Waals surface area contributed by atoms with Gasteiger partial charge < -0.3 is 10.2 Å². The normalized spacial score (nSPS) is 28.1. The van der Waals surface area contributed by atoms with Crippen molar-refractivity contribution in [3.63, 3.8) is 0 Å². The maximum absolute atomic E-state index is 13.9. The molecule has 1 N–H and O–H groups in total. The van der Waals surface area contributed by atoms with Crippen LogP contribution in [-0.2, 0) is 0 Å². The number of halogens is 2. The lowest BCUT2D eigenvalue weighted by atomic mass is 9.88. The van der Waals surface area contributed by atoms with E-state index in [1.54, 1.807) is 6.07 Å². The van der Waals surface area contributed by atoms with Gasteiger partial charge in [-0.2, -0.15) is 0 Å². The Morgan fingerprint density at radius 3 is 2.68 bits per heavy atom. The van der Waals surface area contributed by atoms with E-state index in [0.29, 0.717) is 11.5 Å². The van der Waals surface area contributed by atoms with Crippen LogP contribution in [0.25, 0.3) is 0 Å². The molecule has 0 amide bonds. The topological polar surface area (TPSA) is 15.3 Å². The van der Waals surface area contributed by atoms with Crippen LogP contribution in [0.5, 0.6) is 0 Å². The summed E-state index contributed by atoms with van der Waals surface area (Å²) >= 11 is 0. The molecule has 0 saturated carbocycles. The highest BCUT2D eigenvalue weighted by Crippen LogP contribution is 2.31. The molecule has 2 aliphatic heterocycles. The molecule has 2 atom stereocenters. The van der Waals surface area contributed by atoms with Gasteiger partial charge in [-0.15, -0.1) is 0 Å². The van der Waals surface area contributed by atoms with Crippen LogP contribution in [0.2, 0.25) is 0 Å². The highest BCUT2D eigenvalue weighted by Gasteiger charge is 2.32. The van der Waals surface area contributed by atoms with E-state index >= 15 is 0 Å². The van der Waals surface area contributed by atoms with Gasteiger partial charge in [0, 0.05) is 25.1 Å². The Morgan fingerprint density at radius 1 is 1.16 bits per heavy atom. The van der Waals surface area contributed by atoms with Crippen molar-refractivity contribution in [2.75, 3.05) is 32.7 Å². The lowest BCUT2D eigenvalue weighted by molar-refractivity contribution is 0.274. The molecule has 0 aliphatic carbocycles. The van der Waals surface area contributed by atoms with Gasteiger partial charge in [-0.1, -0.05) is 6.07 Å². The van der Waals surface area contributed by atoms with Gasteiger partial charge in [0.25, 0.3) is 0 Å². The quantitative estimate of drug-likeness (QED) is 0.903. The Labute approximate surface area is 112 Å². The zero-order chi connectivity index (χ0) is 13.2. The molecular formula is C15H20F2N2. The smallest absolute Gasteiger partial charge is 0.129 e. The average Bonchev–Trinajstić information content (AvgIpc) is 3.02. The Bertz CT molecular complexity index is 444. The lowest BCUT2D eigenvalue weighted by Crippen LogP contribution is -2.30. The second-order valence-electron chi connectivity index (χ2n) is 5.70. The van der Waals surface area contributed by atoms with Gasteiger partial charge in [-0.3, -0.25) is 0 Å². The number of hydrogen-bond acceptors (Lipinski definition) is 2. The second kappa shape index (κ2) is 5.55. The molecule has 2 heterocycles. The molecular weight excluding hydrogens is 246 g/mol. The Morgan fingerprint density at radius 2 is 1.95 bits per heavy atom. The van der Waals surface area contributed by atoms with Gasteiger partial charge in [-0.05, 0) is 50.0 Å². The van der Waals surface area contributed by atoms with Crippen LogP contribution in [0, 0.1) is 17.6 Å². The molecule has 1 aromatic carbocycles. The van der Waals surface area contributed by atoms with Gasteiger partial charge in [0.2, 0.25) is 0 Å². The van der Waals surface area contributed by atoms with E-state index in [4.69, 9.17) is 0 Å². The average molecular weight is 266 g/mol. The van der Waals surface area contributed by atoms with Crippen molar-refractivity contribution in [2.45, 2.75) is 18.8 Å². The van der Waals surface area contributed by atoms with E-state index < -0.39 is 11.6 Å². The van der Waals surface area contributed by atoms with E-state index in [1.807, 2.05) is 0 Å². The Hall–Kier alpha value is -1.00. The molecule has 0 aromatic heterocycles. The number of benzene rings is 1. The van der Waals surface area contributed by atoms with Crippen molar-refractivity contribution in [3.8, 4) is 0 Å². The molecule has 1 aromatic rings. The fourth-order valence-corrected chi connectivity index (χ4v) is 3.39. The summed E-state index contributed by atoms with van der Waals surface area (Å²) in [5.41, 5.74) is 0.663. The summed E-state index contributed by atoms with van der Waals surface area (Å²) in [6.07, 6.45) is 2.55. The minimum Gasteiger partial charge on any atom is -0.316 e. The van der Waals surface area contributed by atoms with Gasteiger partial charge in [0.1, 0.15) is 11.6 Å². The monoisotopic (exact) mass is 266 g/mol. The highest BCUT2D eigenvalue weighted by atomic mass is 19.1. The third-order valence-corrected chi connectivity index (χ3v) is 4.39. The summed E-state index contributed by atoms with van der Waals surface area (Å²) in [6, 6.07) is 3.98. The highest BCUT2D eigenvalue weighted by molar-refractivity contribution is 5.25. The van der Waals surface area contributed by atoms with Crippen molar-refractivity contribution in [1.29, 1.82) is 0 Å². The minimum absolute atomic E-state index is 0.168. The first-order valence-corrected chi connectivity index (χ1v) is 7.12. The molecule has 0 unspecified atom stereocenters. The van der Waals surface area contributed by atoms with Crippen LogP contribution in [0.3, 0.4) is 0 Å². The van der Waals surface area contributed by atoms with Gasteiger partial charge in [0.05, 0.1) is 0 Å². The molecule has 2 aliphatic rings. The molecule has 0 radical (unpaired) electrons. The van der Waals surface area contributed by atoms with E-state index in [-0.39, 0.29) is 5.92 Å². The Balaban J connectivity index is 1.74. The Kier molecular flexibility index (Phi) is 3.80. The fourth-order valence-electron chi connectivity index (χ4n) is 3.39. The van der Waals surface area contributed by atoms with Crippen LogP contribution in [-0.4, -0.2) is 37.6 Å². The van der Waals surface area contributed by atoms with Crippen molar-refractivity contribution in [3.05, 3.63) is 35.4 Å². The molecule has 2 fully saturated rings. The molecule has 0 bridgehead atoms. The molecule has 3 rings (SSSR count). The summed E-state index contributed by atoms with van der Waals surface area (Å²) < 4.78 is 26.9. The summed E-state index contributed by atoms with van der Waals surface area (Å²) in [5, 5.41) is 3.35. The van der Waals surface area contributed by atoms with Crippen molar-refractivity contribution in [2.24, 2.45) is 5.92 Å². The molecule has 2 nitrogen and oxygen atoms in total. The van der Waals surface area contributed by atoms with Gasteiger partial charge in [0.15, 0.2) is 0 Å². The van der Waals surface area contributed by atoms with E-state index in [2.05, 4.69) is 10.2 Å². The van der Waals surface area contributed by atoms with E-state index in [0.717, 1.165) is 38.8 Å². The first-order valence-electron chi connectivity index (χ1n) is 7.12. The number of nitrogens with zero attached hydrogens (tertiary/aromatic N) is 1. The lowest BCUT2D eigenvalue weighted by Gasteiger charge is -2.24. The third-order valence-electron chi connectivity index (χ3n) is 4.39. The first kappa shape index (κ1) is 13.0. The van der Waals surface area contributed by atoms with Crippen LogP contribution in [0.1, 0.15) is 24.3 Å². The minimum atomic E-state index is -0.497. The molecule has 0 spiro atoms. The zero-order valence-electron chi connectivity index (χ0n) is 11.0. The largest absolute Gasteiger partial charge is 0.316 e. The molecule has 104 valence electrons. The first-order chi connectivity index (χ1) is 9.24. The maximum atomic E-state index is 13.9. The molecule has 4 heteroatoms. The molecule has 19 heavy (non-hydrogen) atoms. The van der Waals surface area contributed by atoms with Crippen LogP contribution in [0.15, 0.2) is 18.2 Å². The number of rotatable bonds is 3. The predicted molar refractivity (Wildman–Crippen MR) is 71.1 cm³/mol. The van der Waals surface area contributed by atoms with Crippen LogP contribution < -0.4 is 5.32 Å². The number of hydrogen-bond donors (Lipinski definition) is 1. The maximum Gasteiger partial charge on any atom is 0.129 e. The van der Waals surface area contributed by atoms with Gasteiger partial charge >= 0.3 is 0 Å². The fraction of sp³-hybridized carbons (Fsp3) is 0.600. The summed E-state index contributed by atoms with van der Waals surface area (Å²) in [5.74, 6) is -0.303. The standard InChI is InChI=1S/C15H20F2N2/c16-12-3-4-13(15(17)7-12)14-9-18-8-11(14)10-19-5-1-2-6-19/h3-4,7,11,14,18H,1-2,5-6,8-10H2/t11-,14+/m0/s1. The number of likely N-dealkylation sites (tertiary alicyclic amines) is 1. The van der Waals surface area contributed by atoms with E-state index in [1.165, 1.54) is 18.9 Å². The second-order valence-corrected chi connectivity index (χ2v) is 5.70. The third kappa shape index (κ3) is 2.79. The summed E-state index contributed by atoms with van der Waals surface area (Å²) in [6.45, 7) is 5.07. The zero-order valence-corrected chi connectivity index (χ0v) is 11.0. The predicted octanol–water partition coefficient (Wildman–Crippen LogP) is 2.36. The van der Waals surface area contributed by atoms with Crippen LogP contribution in [0.4, 0.5) is 8.78 Å². The van der Waals surface area contributed by atoms with Gasteiger partial charge in [-0.25, -0.2) is 8.78 Å². The van der Waals surface area contributed by atoms with Crippen molar-refractivity contribution >= 4 is 0 Å². The number of nitrogens with one attached hydrogen (secondary N) is 1. The van der Waals surface area contributed by atoms with Crippen molar-refractivity contribution in [1.82, 2.24) is 10.2 Å². The summed E-state index contributed by atoms with van der Waals surface area (Å²) in [7, 11) is 0.